The van der Waals surface area contributed by atoms with Gasteiger partial charge in [0.1, 0.15) is 5.52 Å². The fraction of sp³-hybridized carbons (Fsp3) is 0. The summed E-state index contributed by atoms with van der Waals surface area (Å²) in [6.45, 7) is 0. The zero-order valence-electron chi connectivity index (χ0n) is 25.0. The van der Waals surface area contributed by atoms with E-state index in [1.807, 2.05) is 91.0 Å². The van der Waals surface area contributed by atoms with E-state index in [0.29, 0.717) is 22.6 Å². The highest BCUT2D eigenvalue weighted by Crippen LogP contribution is 2.54. The molecule has 9 aromatic rings. The van der Waals surface area contributed by atoms with Crippen molar-refractivity contribution in [3.63, 3.8) is 0 Å². The molecule has 0 atom stereocenters. The second-order valence-corrected chi connectivity index (χ2v) is 12.5. The number of hydrogen-bond donors (Lipinski definition) is 4. The highest BCUT2D eigenvalue weighted by atomic mass is 32.1. The van der Waals surface area contributed by atoms with Crippen LogP contribution in [0.1, 0.15) is 0 Å². The van der Waals surface area contributed by atoms with Gasteiger partial charge in [-0.3, -0.25) is 4.57 Å². The number of nitrogens with zero attached hydrogens (tertiary/aromatic N) is 4. The number of aromatic hydroxyl groups is 4. The minimum absolute atomic E-state index is 0.0527. The van der Waals surface area contributed by atoms with Gasteiger partial charge in [-0.1, -0.05) is 109 Å². The Kier molecular flexibility index (Phi) is 6.11. The van der Waals surface area contributed by atoms with Gasteiger partial charge in [0, 0.05) is 32.0 Å². The number of aromatic nitrogens is 4. The van der Waals surface area contributed by atoms with Gasteiger partial charge in [0.05, 0.1) is 15.6 Å². The van der Waals surface area contributed by atoms with E-state index in [2.05, 4.69) is 30.3 Å². The molecule has 0 radical (unpaired) electrons. The van der Waals surface area contributed by atoms with E-state index in [4.69, 9.17) is 15.0 Å². The first-order valence-electron chi connectivity index (χ1n) is 15.2. The van der Waals surface area contributed by atoms with E-state index in [9.17, 15) is 20.4 Å². The smallest absolute Gasteiger partial charge is 0.238 e. The summed E-state index contributed by atoms with van der Waals surface area (Å²) in [5.41, 5.74) is 4.34. The van der Waals surface area contributed by atoms with Crippen molar-refractivity contribution in [1.82, 2.24) is 19.5 Å². The molecular weight excluding hydrogens is 621 g/mol. The highest BCUT2D eigenvalue weighted by Gasteiger charge is 2.29. The largest absolute Gasteiger partial charge is 0.504 e. The first-order valence-corrected chi connectivity index (χ1v) is 16.0. The molecule has 3 aromatic heterocycles. The third-order valence-electron chi connectivity index (χ3n) is 8.70. The zero-order valence-corrected chi connectivity index (χ0v) is 25.8. The summed E-state index contributed by atoms with van der Waals surface area (Å²) in [5.74, 6) is -1.86. The number of phenolic OH excluding ortho intramolecular Hbond substituents is 4. The summed E-state index contributed by atoms with van der Waals surface area (Å²) in [7, 11) is 0. The van der Waals surface area contributed by atoms with Gasteiger partial charge in [-0.25, -0.2) is 4.98 Å². The Labute approximate surface area is 276 Å². The Morgan fingerprint density at radius 1 is 0.458 bits per heavy atom. The standard InChI is InChI=1S/C39H24N4O4S/c44-32-29-26-18-17-25-27-20-24(21-10-4-1-5-11-21)16-19-28(27)48-36(25)30(26)43(31(29)33(45)35(47)34(32)46)39-41-37(22-12-6-2-7-13-22)40-38(42-39)23-14-8-3-9-15-23/h1-20,44-47H. The fourth-order valence-corrected chi connectivity index (χ4v) is 7.65. The number of rotatable bonds is 4. The highest BCUT2D eigenvalue weighted by molar-refractivity contribution is 7.26. The topological polar surface area (TPSA) is 125 Å². The average molecular weight is 645 g/mol. The Hall–Kier alpha value is -6.45. The van der Waals surface area contributed by atoms with E-state index in [1.165, 1.54) is 0 Å². The summed E-state index contributed by atoms with van der Waals surface area (Å²) in [6.07, 6.45) is 0. The summed E-state index contributed by atoms with van der Waals surface area (Å²) in [5, 5.41) is 46.9. The molecule has 0 aliphatic rings. The van der Waals surface area contributed by atoms with Crippen molar-refractivity contribution in [1.29, 1.82) is 0 Å². The van der Waals surface area contributed by atoms with Crippen LogP contribution in [0.2, 0.25) is 0 Å². The van der Waals surface area contributed by atoms with Gasteiger partial charge in [0.15, 0.2) is 23.1 Å². The maximum absolute atomic E-state index is 11.4. The Bertz CT molecular complexity index is 2650. The van der Waals surface area contributed by atoms with Crippen LogP contribution in [-0.2, 0) is 0 Å². The number of benzene rings is 6. The fourth-order valence-electron chi connectivity index (χ4n) is 6.43. The lowest BCUT2D eigenvalue weighted by Crippen LogP contribution is -2.06. The van der Waals surface area contributed by atoms with E-state index in [0.717, 1.165) is 42.4 Å². The SMILES string of the molecule is Oc1c(O)c(O)c2c(c1O)c1ccc3c4cc(-c5ccccc5)ccc4sc3c1n2-c1nc(-c2ccccc2)nc(-c2ccccc2)n1. The molecule has 0 saturated carbocycles. The first-order chi connectivity index (χ1) is 23.5. The van der Waals surface area contributed by atoms with Crippen LogP contribution in [-0.4, -0.2) is 39.9 Å². The van der Waals surface area contributed by atoms with Crippen LogP contribution in [0.5, 0.6) is 23.0 Å². The Morgan fingerprint density at radius 3 is 1.65 bits per heavy atom. The van der Waals surface area contributed by atoms with Crippen molar-refractivity contribution < 1.29 is 20.4 Å². The molecule has 0 spiro atoms. The van der Waals surface area contributed by atoms with Crippen molar-refractivity contribution in [2.45, 2.75) is 0 Å². The van der Waals surface area contributed by atoms with Gasteiger partial charge in [-0.2, -0.15) is 9.97 Å². The van der Waals surface area contributed by atoms with E-state index in [1.54, 1.807) is 15.9 Å². The molecule has 9 heteroatoms. The Balaban J connectivity index is 1.44. The molecule has 0 aliphatic carbocycles. The lowest BCUT2D eigenvalue weighted by atomic mass is 10.0. The van der Waals surface area contributed by atoms with Crippen molar-refractivity contribution in [3.05, 3.63) is 121 Å². The molecule has 8 nitrogen and oxygen atoms in total. The normalized spacial score (nSPS) is 11.7. The summed E-state index contributed by atoms with van der Waals surface area (Å²) in [6, 6.07) is 39.4. The van der Waals surface area contributed by atoms with Gasteiger partial charge in [0.25, 0.3) is 0 Å². The van der Waals surface area contributed by atoms with E-state index < -0.39 is 23.0 Å². The minimum Gasteiger partial charge on any atom is -0.504 e. The maximum Gasteiger partial charge on any atom is 0.238 e. The number of thiophene rings is 1. The van der Waals surface area contributed by atoms with Crippen LogP contribution in [0.3, 0.4) is 0 Å². The monoisotopic (exact) mass is 644 g/mol. The van der Waals surface area contributed by atoms with E-state index in [-0.39, 0.29) is 16.9 Å². The molecule has 0 aliphatic heterocycles. The van der Waals surface area contributed by atoms with Crippen LogP contribution in [0.15, 0.2) is 121 Å². The van der Waals surface area contributed by atoms with Gasteiger partial charge >= 0.3 is 0 Å². The van der Waals surface area contributed by atoms with Crippen molar-refractivity contribution in [2.24, 2.45) is 0 Å². The molecule has 9 rings (SSSR count). The van der Waals surface area contributed by atoms with Gasteiger partial charge in [-0.05, 0) is 23.3 Å². The molecule has 0 bridgehead atoms. The molecule has 0 saturated heterocycles. The van der Waals surface area contributed by atoms with Crippen molar-refractivity contribution >= 4 is 53.3 Å². The molecule has 4 N–H and O–H groups in total. The average Bonchev–Trinajstić information content (AvgIpc) is 3.70. The molecule has 48 heavy (non-hydrogen) atoms. The predicted molar refractivity (Wildman–Crippen MR) is 190 cm³/mol. The van der Waals surface area contributed by atoms with Crippen LogP contribution in [0, 0.1) is 0 Å². The first kappa shape index (κ1) is 27.8. The maximum atomic E-state index is 11.4. The van der Waals surface area contributed by atoms with E-state index >= 15 is 0 Å². The van der Waals surface area contributed by atoms with Gasteiger partial charge in [-0.15, -0.1) is 11.3 Å². The predicted octanol–water partition coefficient (Wildman–Crippen LogP) is 9.16. The third kappa shape index (κ3) is 4.11. The van der Waals surface area contributed by atoms with Crippen LogP contribution >= 0.6 is 11.3 Å². The summed E-state index contributed by atoms with van der Waals surface area (Å²) >= 11 is 1.56. The molecule has 230 valence electrons. The second kappa shape index (κ2) is 10.5. The Morgan fingerprint density at radius 2 is 1.02 bits per heavy atom. The lowest BCUT2D eigenvalue weighted by Gasteiger charge is -2.12. The lowest BCUT2D eigenvalue weighted by molar-refractivity contribution is 0.350. The summed E-state index contributed by atoms with van der Waals surface area (Å²) in [4.78, 5) is 14.7. The third-order valence-corrected chi connectivity index (χ3v) is 9.89. The zero-order chi connectivity index (χ0) is 32.5. The molecule has 0 amide bonds. The molecular formula is C39H24N4O4S. The van der Waals surface area contributed by atoms with Gasteiger partial charge in [0.2, 0.25) is 17.4 Å². The molecule has 0 unspecified atom stereocenters. The van der Waals surface area contributed by atoms with Gasteiger partial charge < -0.3 is 20.4 Å². The molecule has 0 fully saturated rings. The van der Waals surface area contributed by atoms with Crippen molar-refractivity contribution in [3.8, 4) is 62.8 Å². The molecule has 3 heterocycles. The number of hydrogen-bond acceptors (Lipinski definition) is 8. The van der Waals surface area contributed by atoms with Crippen LogP contribution < -0.4 is 0 Å². The second-order valence-electron chi connectivity index (χ2n) is 11.5. The van der Waals surface area contributed by atoms with Crippen LogP contribution in [0.25, 0.3) is 81.8 Å². The number of phenols is 4. The van der Waals surface area contributed by atoms with Crippen molar-refractivity contribution in [2.75, 3.05) is 0 Å². The minimum atomic E-state index is -0.843. The quantitative estimate of drug-likeness (QED) is 0.111. The van der Waals surface area contributed by atoms with Crippen LogP contribution in [0.4, 0.5) is 0 Å². The summed E-state index contributed by atoms with van der Waals surface area (Å²) < 4.78 is 3.54. The number of fused-ring (bicyclic) bond motifs is 7. The molecule has 6 aromatic carbocycles.